The van der Waals surface area contributed by atoms with Gasteiger partial charge in [-0.25, -0.2) is 9.78 Å². The van der Waals surface area contributed by atoms with Gasteiger partial charge in [-0.1, -0.05) is 32.0 Å². The van der Waals surface area contributed by atoms with Gasteiger partial charge in [-0.05, 0) is 43.4 Å². The first-order valence-electron chi connectivity index (χ1n) is 13.7. The lowest BCUT2D eigenvalue weighted by atomic mass is 10.00. The van der Waals surface area contributed by atoms with Crippen LogP contribution in [0, 0.1) is 5.92 Å². The molecular weight excluding hydrogens is 528 g/mol. The van der Waals surface area contributed by atoms with Gasteiger partial charge >= 0.3 is 5.97 Å². The van der Waals surface area contributed by atoms with Crippen LogP contribution in [0.1, 0.15) is 44.4 Å². The molecule has 13 nitrogen and oxygen atoms in total. The number of hydrogen-bond acceptors (Lipinski definition) is 7. The molecule has 0 saturated carbocycles. The Balaban J connectivity index is 1.68. The second-order valence-corrected chi connectivity index (χ2v) is 10.4. The fourth-order valence-corrected chi connectivity index (χ4v) is 4.54. The molecule has 0 saturated heterocycles. The molecule has 0 radical (unpaired) electrons. The van der Waals surface area contributed by atoms with E-state index < -0.39 is 47.9 Å². The number of nitrogens with two attached hydrogens (primary N) is 2. The number of rotatable bonds is 16. The number of nitrogens with one attached hydrogen (secondary N) is 5. The first kappa shape index (κ1) is 31.3. The van der Waals surface area contributed by atoms with Crippen LogP contribution in [0.4, 0.5) is 0 Å². The van der Waals surface area contributed by atoms with Gasteiger partial charge < -0.3 is 42.5 Å². The van der Waals surface area contributed by atoms with Gasteiger partial charge in [0, 0.05) is 41.8 Å². The van der Waals surface area contributed by atoms with Crippen LogP contribution in [-0.4, -0.2) is 74.5 Å². The summed E-state index contributed by atoms with van der Waals surface area (Å²) in [7, 11) is 0. The number of aliphatic carboxylic acids is 1. The number of nitrogens with zero attached hydrogens (tertiary/aromatic N) is 1. The van der Waals surface area contributed by atoms with E-state index in [-0.39, 0.29) is 25.2 Å². The molecule has 3 amide bonds. The minimum atomic E-state index is -1.22. The van der Waals surface area contributed by atoms with Gasteiger partial charge in [-0.3, -0.25) is 14.4 Å². The van der Waals surface area contributed by atoms with Gasteiger partial charge in [0.2, 0.25) is 17.7 Å². The van der Waals surface area contributed by atoms with E-state index >= 15 is 0 Å². The summed E-state index contributed by atoms with van der Waals surface area (Å²) in [4.78, 5) is 61.4. The van der Waals surface area contributed by atoms with E-state index in [1.807, 2.05) is 24.3 Å². The van der Waals surface area contributed by atoms with Crippen molar-refractivity contribution in [3.8, 4) is 0 Å². The third-order valence-corrected chi connectivity index (χ3v) is 6.87. The summed E-state index contributed by atoms with van der Waals surface area (Å²) in [6.45, 7) is 3.90. The van der Waals surface area contributed by atoms with Crippen molar-refractivity contribution in [1.29, 1.82) is 0 Å². The highest BCUT2D eigenvalue weighted by Crippen LogP contribution is 2.19. The molecule has 0 aliphatic carbocycles. The summed E-state index contributed by atoms with van der Waals surface area (Å²) in [5, 5.41) is 18.7. The largest absolute Gasteiger partial charge is 0.480 e. The highest BCUT2D eigenvalue weighted by Gasteiger charge is 2.32. The van der Waals surface area contributed by atoms with Crippen LogP contribution in [-0.2, 0) is 32.0 Å². The topological polar surface area (TPSA) is 221 Å². The minimum Gasteiger partial charge on any atom is -0.480 e. The Morgan fingerprint density at radius 2 is 1.68 bits per heavy atom. The first-order valence-corrected chi connectivity index (χ1v) is 13.7. The number of aromatic nitrogens is 3. The van der Waals surface area contributed by atoms with Crippen molar-refractivity contribution >= 4 is 34.6 Å². The second-order valence-electron chi connectivity index (χ2n) is 10.4. The quantitative estimate of drug-likeness (QED) is 0.112. The SMILES string of the molecule is CC(C)C(NC(=O)C(CCCCN)NC(=O)C(N)Cc1cnc[nH]1)C(=O)NC(Cc1c[nH]c2ccccc12)C(=O)O. The average Bonchev–Trinajstić information content (AvgIpc) is 3.60. The summed E-state index contributed by atoms with van der Waals surface area (Å²) in [6.07, 6.45) is 6.51. The fraction of sp³-hybridized carbons (Fsp3) is 0.464. The smallest absolute Gasteiger partial charge is 0.326 e. The number of hydrogen-bond donors (Lipinski definition) is 8. The Kier molecular flexibility index (Phi) is 11.4. The monoisotopic (exact) mass is 568 g/mol. The van der Waals surface area contributed by atoms with E-state index in [4.69, 9.17) is 11.5 Å². The Bertz CT molecular complexity index is 1310. The molecular formula is C28H40N8O5. The molecule has 0 fully saturated rings. The number of carbonyl (C=O) groups is 4. The molecule has 3 rings (SSSR count). The maximum absolute atomic E-state index is 13.3. The number of para-hydroxylation sites is 1. The number of carboxylic acid groups (broad SMARTS) is 1. The van der Waals surface area contributed by atoms with Gasteiger partial charge in [0.05, 0.1) is 12.4 Å². The van der Waals surface area contributed by atoms with Crippen LogP contribution in [0.25, 0.3) is 10.9 Å². The van der Waals surface area contributed by atoms with Crippen LogP contribution >= 0.6 is 0 Å². The molecule has 3 aromatic rings. The second kappa shape index (κ2) is 15.0. The molecule has 1 aromatic carbocycles. The Labute approximate surface area is 238 Å². The van der Waals surface area contributed by atoms with Crippen molar-refractivity contribution in [1.82, 2.24) is 30.9 Å². The number of fused-ring (bicyclic) bond motifs is 1. The van der Waals surface area contributed by atoms with E-state index in [9.17, 15) is 24.3 Å². The first-order chi connectivity index (χ1) is 19.6. The summed E-state index contributed by atoms with van der Waals surface area (Å²) in [5.74, 6) is -3.30. The van der Waals surface area contributed by atoms with Crippen molar-refractivity contribution in [3.63, 3.8) is 0 Å². The predicted octanol–water partition coefficient (Wildman–Crippen LogP) is 0.328. The molecule has 10 N–H and O–H groups in total. The van der Waals surface area contributed by atoms with Crippen LogP contribution in [0.3, 0.4) is 0 Å². The number of H-pyrrole nitrogens is 2. The molecule has 4 unspecified atom stereocenters. The van der Waals surface area contributed by atoms with Crippen LogP contribution in [0.15, 0.2) is 43.0 Å². The van der Waals surface area contributed by atoms with Crippen molar-refractivity contribution in [2.45, 2.75) is 70.1 Å². The number of benzene rings is 1. The summed E-state index contributed by atoms with van der Waals surface area (Å²) >= 11 is 0. The lowest BCUT2D eigenvalue weighted by Gasteiger charge is -2.27. The predicted molar refractivity (Wildman–Crippen MR) is 153 cm³/mol. The number of imidazole rings is 1. The molecule has 0 spiro atoms. The lowest BCUT2D eigenvalue weighted by Crippen LogP contribution is -2.58. The molecule has 0 aliphatic rings. The van der Waals surface area contributed by atoms with Crippen LogP contribution in [0.2, 0.25) is 0 Å². The average molecular weight is 569 g/mol. The maximum atomic E-state index is 13.3. The van der Waals surface area contributed by atoms with E-state index in [2.05, 4.69) is 30.9 Å². The third kappa shape index (κ3) is 8.88. The molecule has 4 atom stereocenters. The molecule has 41 heavy (non-hydrogen) atoms. The maximum Gasteiger partial charge on any atom is 0.326 e. The van der Waals surface area contributed by atoms with Gasteiger partial charge in [0.1, 0.15) is 18.1 Å². The highest BCUT2D eigenvalue weighted by molar-refractivity contribution is 5.94. The Morgan fingerprint density at radius 3 is 2.34 bits per heavy atom. The zero-order chi connectivity index (χ0) is 29.9. The summed E-state index contributed by atoms with van der Waals surface area (Å²) in [6, 6.07) is 3.32. The van der Waals surface area contributed by atoms with E-state index in [1.54, 1.807) is 26.2 Å². The molecule has 13 heteroatoms. The Morgan fingerprint density at radius 1 is 0.951 bits per heavy atom. The highest BCUT2D eigenvalue weighted by atomic mass is 16.4. The van der Waals surface area contributed by atoms with Crippen molar-refractivity contribution in [2.24, 2.45) is 17.4 Å². The number of carbonyl (C=O) groups excluding carboxylic acids is 3. The zero-order valence-corrected chi connectivity index (χ0v) is 23.4. The van der Waals surface area contributed by atoms with Crippen molar-refractivity contribution in [2.75, 3.05) is 6.54 Å². The van der Waals surface area contributed by atoms with Crippen LogP contribution in [0.5, 0.6) is 0 Å². The number of aromatic amines is 2. The van der Waals surface area contributed by atoms with Gasteiger partial charge in [-0.2, -0.15) is 0 Å². The number of carboxylic acids is 1. The molecule has 222 valence electrons. The standard InChI is InChI=1S/C28H40N8O5/c1-16(2)24(27(39)35-23(28(40)41)11-17-13-32-21-8-4-3-7-19(17)21)36-26(38)22(9-5-6-10-29)34-25(37)20(30)12-18-14-31-15-33-18/h3-4,7-8,13-16,20,22-24,32H,5-6,9-12,29-30H2,1-2H3,(H,31,33)(H,34,37)(H,35,39)(H,36,38)(H,40,41). The van der Waals surface area contributed by atoms with Gasteiger partial charge in [0.15, 0.2) is 0 Å². The van der Waals surface area contributed by atoms with E-state index in [0.29, 0.717) is 25.1 Å². The molecule has 0 aliphatic heterocycles. The Hall–Kier alpha value is -4.23. The van der Waals surface area contributed by atoms with Crippen molar-refractivity contribution < 1.29 is 24.3 Å². The summed E-state index contributed by atoms with van der Waals surface area (Å²) in [5.41, 5.74) is 13.9. The van der Waals surface area contributed by atoms with Gasteiger partial charge in [-0.15, -0.1) is 0 Å². The molecule has 2 aromatic heterocycles. The van der Waals surface area contributed by atoms with E-state index in [0.717, 1.165) is 16.5 Å². The minimum absolute atomic E-state index is 0.0514. The third-order valence-electron chi connectivity index (χ3n) is 6.87. The lowest BCUT2D eigenvalue weighted by molar-refractivity contribution is -0.142. The van der Waals surface area contributed by atoms with Gasteiger partial charge in [0.25, 0.3) is 0 Å². The molecule has 0 bridgehead atoms. The summed E-state index contributed by atoms with van der Waals surface area (Å²) < 4.78 is 0. The van der Waals surface area contributed by atoms with E-state index in [1.165, 1.54) is 6.33 Å². The molecule has 2 heterocycles. The zero-order valence-electron chi connectivity index (χ0n) is 23.4. The normalized spacial score (nSPS) is 14.3. The number of amides is 3. The van der Waals surface area contributed by atoms with Crippen molar-refractivity contribution in [3.05, 3.63) is 54.2 Å². The number of unbranched alkanes of at least 4 members (excludes halogenated alkanes) is 1. The van der Waals surface area contributed by atoms with Crippen LogP contribution < -0.4 is 27.4 Å². The fourth-order valence-electron chi connectivity index (χ4n) is 4.54.